The van der Waals surface area contributed by atoms with Gasteiger partial charge >= 0.3 is 6.18 Å². The van der Waals surface area contributed by atoms with E-state index in [0.717, 1.165) is 16.5 Å². The van der Waals surface area contributed by atoms with Crippen molar-refractivity contribution in [2.24, 2.45) is 5.73 Å². The monoisotopic (exact) mass is 339 g/mol. The molecule has 0 aliphatic carbocycles. The molecule has 0 aliphatic rings. The molecule has 0 saturated carbocycles. The van der Waals surface area contributed by atoms with Crippen molar-refractivity contribution in [3.63, 3.8) is 0 Å². The van der Waals surface area contributed by atoms with Crippen molar-refractivity contribution >= 4 is 15.9 Å². The lowest BCUT2D eigenvalue weighted by Gasteiger charge is -2.11. The van der Waals surface area contributed by atoms with E-state index in [1.54, 1.807) is 6.07 Å². The van der Waals surface area contributed by atoms with E-state index >= 15 is 0 Å². The van der Waals surface area contributed by atoms with Gasteiger partial charge in [0.1, 0.15) is 5.75 Å². The van der Waals surface area contributed by atoms with E-state index in [1.807, 2.05) is 19.1 Å². The molecule has 0 heterocycles. The Balaban J connectivity index is 2.46. The van der Waals surface area contributed by atoms with E-state index in [4.69, 9.17) is 10.5 Å². The van der Waals surface area contributed by atoms with Crippen LogP contribution in [0.3, 0.4) is 0 Å². The Morgan fingerprint density at radius 3 is 2.58 bits per heavy atom. The molecule has 0 spiro atoms. The molecule has 1 unspecified atom stereocenters. The van der Waals surface area contributed by atoms with Crippen LogP contribution in [0.1, 0.15) is 25.3 Å². The third-order valence-electron chi connectivity index (χ3n) is 2.42. The summed E-state index contributed by atoms with van der Waals surface area (Å²) in [5.41, 5.74) is 6.76. The Bertz CT molecular complexity index is 407. The summed E-state index contributed by atoms with van der Waals surface area (Å²) < 4.78 is 41.9. The summed E-state index contributed by atoms with van der Waals surface area (Å²) in [4.78, 5) is 0. The molecule has 0 bridgehead atoms. The van der Waals surface area contributed by atoms with Gasteiger partial charge in [-0.2, -0.15) is 13.2 Å². The maximum absolute atomic E-state index is 12.0. The first-order valence-electron chi connectivity index (χ1n) is 6.01. The molecule has 0 radical (unpaired) electrons. The van der Waals surface area contributed by atoms with Crippen molar-refractivity contribution < 1.29 is 17.9 Å². The minimum absolute atomic E-state index is 0.0441. The molecule has 0 aliphatic heterocycles. The summed E-state index contributed by atoms with van der Waals surface area (Å²) in [6, 6.07) is 5.55. The van der Waals surface area contributed by atoms with Gasteiger partial charge in [-0.3, -0.25) is 0 Å². The number of nitrogens with two attached hydrogens (primary N) is 1. The Morgan fingerprint density at radius 2 is 2.05 bits per heavy atom. The molecule has 1 rings (SSSR count). The van der Waals surface area contributed by atoms with Crippen LogP contribution in [0, 0.1) is 0 Å². The molecule has 19 heavy (non-hydrogen) atoms. The largest absolute Gasteiger partial charge is 0.492 e. The zero-order valence-corrected chi connectivity index (χ0v) is 12.2. The summed E-state index contributed by atoms with van der Waals surface area (Å²) in [7, 11) is 0. The quantitative estimate of drug-likeness (QED) is 0.793. The van der Waals surface area contributed by atoms with E-state index in [1.165, 1.54) is 0 Å². The average Bonchev–Trinajstić information content (AvgIpc) is 2.24. The minimum atomic E-state index is -4.12. The Kier molecular flexibility index (Phi) is 6.13. The zero-order chi connectivity index (χ0) is 14.5. The number of hydrogen-bond acceptors (Lipinski definition) is 2. The maximum Gasteiger partial charge on any atom is 0.389 e. The number of benzene rings is 1. The van der Waals surface area contributed by atoms with Gasteiger partial charge in [-0.25, -0.2) is 0 Å². The van der Waals surface area contributed by atoms with Crippen LogP contribution < -0.4 is 10.5 Å². The molecule has 108 valence electrons. The smallest absolute Gasteiger partial charge is 0.389 e. The summed E-state index contributed by atoms with van der Waals surface area (Å²) >= 11 is 3.34. The third kappa shape index (κ3) is 6.82. The van der Waals surface area contributed by atoms with Gasteiger partial charge < -0.3 is 10.5 Å². The van der Waals surface area contributed by atoms with Crippen LogP contribution >= 0.6 is 15.9 Å². The highest BCUT2D eigenvalue weighted by Gasteiger charge is 2.26. The van der Waals surface area contributed by atoms with Crippen molar-refractivity contribution in [3.8, 4) is 5.75 Å². The Morgan fingerprint density at radius 1 is 1.37 bits per heavy atom. The highest BCUT2D eigenvalue weighted by molar-refractivity contribution is 9.10. The van der Waals surface area contributed by atoms with Crippen LogP contribution in [0.25, 0.3) is 0 Å². The summed E-state index contributed by atoms with van der Waals surface area (Å²) in [6.45, 7) is 1.96. The first-order chi connectivity index (χ1) is 8.78. The fraction of sp³-hybridized carbons (Fsp3) is 0.538. The van der Waals surface area contributed by atoms with E-state index < -0.39 is 12.6 Å². The summed E-state index contributed by atoms with van der Waals surface area (Å²) in [5.74, 6) is 0.551. The molecule has 2 nitrogen and oxygen atoms in total. The molecular formula is C13H17BrF3NO. The van der Waals surface area contributed by atoms with Gasteiger partial charge in [0.25, 0.3) is 0 Å². The Labute approximate surface area is 119 Å². The lowest BCUT2D eigenvalue weighted by Crippen LogP contribution is -2.17. The minimum Gasteiger partial charge on any atom is -0.492 e. The Hall–Kier alpha value is -0.750. The van der Waals surface area contributed by atoms with E-state index in [0.29, 0.717) is 5.75 Å². The van der Waals surface area contributed by atoms with E-state index in [-0.39, 0.29) is 19.1 Å². The zero-order valence-electron chi connectivity index (χ0n) is 10.6. The SMILES string of the molecule is CC(N)Cc1ccc(OCCCC(F)(F)F)c(Br)c1. The number of ether oxygens (including phenoxy) is 1. The van der Waals surface area contributed by atoms with Gasteiger partial charge in [-0.05, 0) is 53.4 Å². The molecule has 6 heteroatoms. The second-order valence-corrected chi connectivity index (χ2v) is 5.37. The van der Waals surface area contributed by atoms with Crippen LogP contribution in [0.15, 0.2) is 22.7 Å². The molecule has 1 atom stereocenters. The first kappa shape index (κ1) is 16.3. The lowest BCUT2D eigenvalue weighted by atomic mass is 10.1. The van der Waals surface area contributed by atoms with Crippen molar-refractivity contribution in [2.75, 3.05) is 6.61 Å². The van der Waals surface area contributed by atoms with Gasteiger partial charge in [0.15, 0.2) is 0 Å². The number of rotatable bonds is 6. The fourth-order valence-electron chi connectivity index (χ4n) is 1.61. The average molecular weight is 340 g/mol. The van der Waals surface area contributed by atoms with Crippen molar-refractivity contribution in [2.45, 2.75) is 38.4 Å². The van der Waals surface area contributed by atoms with Crippen LogP contribution in [0.4, 0.5) is 13.2 Å². The first-order valence-corrected chi connectivity index (χ1v) is 6.81. The predicted molar refractivity (Wildman–Crippen MR) is 72.3 cm³/mol. The van der Waals surface area contributed by atoms with Gasteiger partial charge in [-0.1, -0.05) is 6.07 Å². The van der Waals surface area contributed by atoms with E-state index in [2.05, 4.69) is 15.9 Å². The lowest BCUT2D eigenvalue weighted by molar-refractivity contribution is -0.136. The maximum atomic E-state index is 12.0. The van der Waals surface area contributed by atoms with Gasteiger partial charge in [-0.15, -0.1) is 0 Å². The van der Waals surface area contributed by atoms with Crippen LogP contribution in [0.2, 0.25) is 0 Å². The van der Waals surface area contributed by atoms with Crippen molar-refractivity contribution in [3.05, 3.63) is 28.2 Å². The molecule has 2 N–H and O–H groups in total. The summed E-state index contributed by atoms with van der Waals surface area (Å²) in [5, 5.41) is 0. The van der Waals surface area contributed by atoms with Gasteiger partial charge in [0, 0.05) is 12.5 Å². The predicted octanol–water partition coefficient (Wildman–Crippen LogP) is 4.06. The van der Waals surface area contributed by atoms with Crippen LogP contribution in [-0.2, 0) is 6.42 Å². The van der Waals surface area contributed by atoms with Gasteiger partial charge in [0.05, 0.1) is 11.1 Å². The number of hydrogen-bond donors (Lipinski definition) is 1. The molecule has 0 fully saturated rings. The molecule has 1 aromatic rings. The van der Waals surface area contributed by atoms with Gasteiger partial charge in [0.2, 0.25) is 0 Å². The second kappa shape index (κ2) is 7.14. The number of alkyl halides is 3. The van der Waals surface area contributed by atoms with E-state index in [9.17, 15) is 13.2 Å². The normalized spacial score (nSPS) is 13.4. The molecule has 0 amide bonds. The van der Waals surface area contributed by atoms with Crippen LogP contribution in [-0.4, -0.2) is 18.8 Å². The molecular weight excluding hydrogens is 323 g/mol. The van der Waals surface area contributed by atoms with Crippen LogP contribution in [0.5, 0.6) is 5.75 Å². The highest BCUT2D eigenvalue weighted by atomic mass is 79.9. The third-order valence-corrected chi connectivity index (χ3v) is 3.04. The standard InChI is InChI=1S/C13H17BrF3NO/c1-9(18)7-10-3-4-12(11(14)8-10)19-6-2-5-13(15,16)17/h3-4,8-9H,2,5-7,18H2,1H3. The molecule has 0 saturated heterocycles. The topological polar surface area (TPSA) is 35.2 Å². The second-order valence-electron chi connectivity index (χ2n) is 4.51. The summed E-state index contributed by atoms with van der Waals surface area (Å²) in [6.07, 6.45) is -4.25. The highest BCUT2D eigenvalue weighted by Crippen LogP contribution is 2.27. The van der Waals surface area contributed by atoms with Crippen molar-refractivity contribution in [1.29, 1.82) is 0 Å². The van der Waals surface area contributed by atoms with Crippen molar-refractivity contribution in [1.82, 2.24) is 0 Å². The molecule has 1 aromatic carbocycles. The fourth-order valence-corrected chi connectivity index (χ4v) is 2.16. The molecule has 0 aromatic heterocycles. The number of halogens is 4.